The lowest BCUT2D eigenvalue weighted by Gasteiger charge is -2.26. The Bertz CT molecular complexity index is 945. The number of aliphatic carboxylic acids is 2. The first-order chi connectivity index (χ1) is 17.0. The molecule has 1 aliphatic rings. The first-order valence-electron chi connectivity index (χ1n) is 11.5. The SMILES string of the molecule is CC(O)C(NC(=O)C(Cc1ccc(O)cc1)NC(=O)C(CCC(=O)O)NC(=O)C1CCCN1)C(=O)O. The van der Waals surface area contributed by atoms with E-state index in [9.17, 15) is 39.3 Å². The molecule has 1 heterocycles. The van der Waals surface area contributed by atoms with Crippen molar-refractivity contribution < 1.29 is 44.4 Å². The number of amides is 3. The molecule has 0 aliphatic carbocycles. The van der Waals surface area contributed by atoms with E-state index in [1.165, 1.54) is 31.2 Å². The molecule has 2 rings (SSSR count). The van der Waals surface area contributed by atoms with Gasteiger partial charge in [0.1, 0.15) is 17.8 Å². The number of hydrogen-bond acceptors (Lipinski definition) is 8. The largest absolute Gasteiger partial charge is 0.508 e. The Kier molecular flexibility index (Phi) is 10.6. The molecule has 0 saturated carbocycles. The normalized spacial score (nSPS) is 18.3. The zero-order valence-electron chi connectivity index (χ0n) is 19.8. The molecule has 0 radical (unpaired) electrons. The van der Waals surface area contributed by atoms with Crippen molar-refractivity contribution in [1.82, 2.24) is 21.3 Å². The molecule has 198 valence electrons. The fraction of sp³-hybridized carbons (Fsp3) is 0.522. The molecular formula is C23H32N4O9. The van der Waals surface area contributed by atoms with Crippen molar-refractivity contribution in [2.45, 2.75) is 69.3 Å². The van der Waals surface area contributed by atoms with E-state index < -0.39 is 66.4 Å². The van der Waals surface area contributed by atoms with Crippen LogP contribution in [0.25, 0.3) is 0 Å². The molecule has 13 nitrogen and oxygen atoms in total. The van der Waals surface area contributed by atoms with Gasteiger partial charge in [-0.2, -0.15) is 0 Å². The average Bonchev–Trinajstić information content (AvgIpc) is 3.35. The van der Waals surface area contributed by atoms with E-state index in [1.54, 1.807) is 0 Å². The molecule has 1 aliphatic heterocycles. The number of benzene rings is 1. The van der Waals surface area contributed by atoms with Gasteiger partial charge in [0.25, 0.3) is 0 Å². The smallest absolute Gasteiger partial charge is 0.328 e. The Balaban J connectivity index is 2.23. The van der Waals surface area contributed by atoms with Crippen LogP contribution in [0.2, 0.25) is 0 Å². The van der Waals surface area contributed by atoms with Gasteiger partial charge in [-0.1, -0.05) is 12.1 Å². The summed E-state index contributed by atoms with van der Waals surface area (Å²) in [5.41, 5.74) is 0.512. The highest BCUT2D eigenvalue weighted by Gasteiger charge is 2.33. The second-order valence-electron chi connectivity index (χ2n) is 8.64. The Hall–Kier alpha value is -3.71. The monoisotopic (exact) mass is 508 g/mol. The summed E-state index contributed by atoms with van der Waals surface area (Å²) in [7, 11) is 0. The number of carboxylic acids is 2. The van der Waals surface area contributed by atoms with Gasteiger partial charge in [-0.3, -0.25) is 19.2 Å². The van der Waals surface area contributed by atoms with Gasteiger partial charge in [0.2, 0.25) is 17.7 Å². The number of phenols is 1. The number of nitrogens with one attached hydrogen (secondary N) is 4. The third-order valence-corrected chi connectivity index (χ3v) is 5.71. The second kappa shape index (κ2) is 13.4. The van der Waals surface area contributed by atoms with Crippen LogP contribution in [-0.2, 0) is 30.4 Å². The van der Waals surface area contributed by atoms with Crippen molar-refractivity contribution in [3.8, 4) is 5.75 Å². The molecule has 36 heavy (non-hydrogen) atoms. The number of aromatic hydroxyl groups is 1. The summed E-state index contributed by atoms with van der Waals surface area (Å²) in [5.74, 6) is -4.90. The fourth-order valence-corrected chi connectivity index (χ4v) is 3.71. The van der Waals surface area contributed by atoms with E-state index in [2.05, 4.69) is 21.3 Å². The first-order valence-corrected chi connectivity index (χ1v) is 11.5. The van der Waals surface area contributed by atoms with Crippen LogP contribution in [0.4, 0.5) is 0 Å². The van der Waals surface area contributed by atoms with E-state index in [-0.39, 0.29) is 18.6 Å². The number of aliphatic hydroxyl groups excluding tert-OH is 1. The Labute approximate surface area is 207 Å². The number of rotatable bonds is 13. The third-order valence-electron chi connectivity index (χ3n) is 5.71. The zero-order valence-corrected chi connectivity index (χ0v) is 19.8. The van der Waals surface area contributed by atoms with E-state index >= 15 is 0 Å². The second-order valence-corrected chi connectivity index (χ2v) is 8.64. The van der Waals surface area contributed by atoms with E-state index in [0.29, 0.717) is 18.5 Å². The lowest BCUT2D eigenvalue weighted by molar-refractivity contribution is -0.145. The standard InChI is InChI=1S/C23H32N4O9/c1-12(28)19(23(35)36)27-22(34)17(11-13-4-6-14(29)7-5-13)26-21(33)16(8-9-18(30)31)25-20(32)15-3-2-10-24-15/h4-7,12,15-17,19,24,28-29H,2-3,8-11H2,1H3,(H,25,32)(H,26,33)(H,27,34)(H,30,31)(H,35,36). The predicted molar refractivity (Wildman–Crippen MR) is 125 cm³/mol. The minimum atomic E-state index is -1.65. The molecule has 1 aromatic rings. The molecule has 1 fully saturated rings. The van der Waals surface area contributed by atoms with Gasteiger partial charge in [0.05, 0.1) is 12.1 Å². The first kappa shape index (κ1) is 28.5. The summed E-state index contributed by atoms with van der Waals surface area (Å²) in [6.45, 7) is 1.81. The lowest BCUT2D eigenvalue weighted by Crippen LogP contribution is -2.58. The van der Waals surface area contributed by atoms with Gasteiger partial charge in [0, 0.05) is 12.8 Å². The molecule has 0 bridgehead atoms. The van der Waals surface area contributed by atoms with Gasteiger partial charge in [-0.25, -0.2) is 4.79 Å². The molecule has 13 heteroatoms. The molecule has 1 aromatic carbocycles. The number of carbonyl (C=O) groups is 5. The average molecular weight is 509 g/mol. The van der Waals surface area contributed by atoms with Crippen LogP contribution >= 0.6 is 0 Å². The quantitative estimate of drug-likeness (QED) is 0.154. The van der Waals surface area contributed by atoms with E-state index in [0.717, 1.165) is 6.42 Å². The third kappa shape index (κ3) is 8.82. The van der Waals surface area contributed by atoms with Crippen molar-refractivity contribution in [1.29, 1.82) is 0 Å². The van der Waals surface area contributed by atoms with Gasteiger partial charge in [-0.15, -0.1) is 0 Å². The molecule has 3 amide bonds. The highest BCUT2D eigenvalue weighted by Crippen LogP contribution is 2.13. The van der Waals surface area contributed by atoms with Gasteiger partial charge >= 0.3 is 11.9 Å². The van der Waals surface area contributed by atoms with Crippen LogP contribution in [0.3, 0.4) is 0 Å². The zero-order chi connectivity index (χ0) is 26.8. The maximum absolute atomic E-state index is 13.1. The van der Waals surface area contributed by atoms with Gasteiger partial charge in [0.15, 0.2) is 6.04 Å². The van der Waals surface area contributed by atoms with Crippen molar-refractivity contribution >= 4 is 29.7 Å². The number of phenolic OH excluding ortho intramolecular Hbond substituents is 1. The minimum Gasteiger partial charge on any atom is -0.508 e. The van der Waals surface area contributed by atoms with Gasteiger partial charge < -0.3 is 41.7 Å². The summed E-state index contributed by atoms with van der Waals surface area (Å²) in [6.07, 6.45) is -0.882. The van der Waals surface area contributed by atoms with Gasteiger partial charge in [-0.05, 0) is 50.4 Å². The van der Waals surface area contributed by atoms with Crippen LogP contribution in [0.15, 0.2) is 24.3 Å². The molecule has 5 unspecified atom stereocenters. The topological polar surface area (TPSA) is 214 Å². The minimum absolute atomic E-state index is 0.0270. The summed E-state index contributed by atoms with van der Waals surface area (Å²) in [6, 6.07) is 0.964. The summed E-state index contributed by atoms with van der Waals surface area (Å²) < 4.78 is 0. The molecule has 8 N–H and O–H groups in total. The van der Waals surface area contributed by atoms with E-state index in [4.69, 9.17) is 5.11 Å². The molecule has 0 aromatic heterocycles. The van der Waals surface area contributed by atoms with Crippen LogP contribution in [0.5, 0.6) is 5.75 Å². The summed E-state index contributed by atoms with van der Waals surface area (Å²) in [4.78, 5) is 61.1. The highest BCUT2D eigenvalue weighted by molar-refractivity contribution is 5.94. The molecule has 0 spiro atoms. The Morgan fingerprint density at radius 1 is 1.00 bits per heavy atom. The van der Waals surface area contributed by atoms with Crippen LogP contribution in [0, 0.1) is 0 Å². The van der Waals surface area contributed by atoms with Crippen LogP contribution in [0.1, 0.15) is 38.2 Å². The van der Waals surface area contributed by atoms with Crippen molar-refractivity contribution in [3.05, 3.63) is 29.8 Å². The highest BCUT2D eigenvalue weighted by atomic mass is 16.4. The maximum atomic E-state index is 13.1. The number of carbonyl (C=O) groups excluding carboxylic acids is 3. The van der Waals surface area contributed by atoms with Crippen molar-refractivity contribution in [2.75, 3.05) is 6.54 Å². The molecule has 5 atom stereocenters. The maximum Gasteiger partial charge on any atom is 0.328 e. The van der Waals surface area contributed by atoms with Crippen molar-refractivity contribution in [3.63, 3.8) is 0 Å². The van der Waals surface area contributed by atoms with Crippen LogP contribution in [-0.4, -0.2) is 86.9 Å². The number of aliphatic hydroxyl groups is 1. The van der Waals surface area contributed by atoms with Crippen LogP contribution < -0.4 is 21.3 Å². The Morgan fingerprint density at radius 3 is 2.17 bits per heavy atom. The number of hydrogen-bond donors (Lipinski definition) is 8. The van der Waals surface area contributed by atoms with Crippen molar-refractivity contribution in [2.24, 2.45) is 0 Å². The Morgan fingerprint density at radius 2 is 1.64 bits per heavy atom. The molecule has 1 saturated heterocycles. The lowest BCUT2D eigenvalue weighted by atomic mass is 10.0. The fourth-order valence-electron chi connectivity index (χ4n) is 3.71. The number of carboxylic acid groups (broad SMARTS) is 2. The molecular weight excluding hydrogens is 476 g/mol. The van der Waals surface area contributed by atoms with E-state index in [1.807, 2.05) is 0 Å². The predicted octanol–water partition coefficient (Wildman–Crippen LogP) is -1.53. The summed E-state index contributed by atoms with van der Waals surface area (Å²) in [5, 5.41) is 47.7. The summed E-state index contributed by atoms with van der Waals surface area (Å²) >= 11 is 0.